The van der Waals surface area contributed by atoms with Gasteiger partial charge in [-0.3, -0.25) is 4.79 Å². The third-order valence-electron chi connectivity index (χ3n) is 5.39. The Morgan fingerprint density at radius 2 is 1.96 bits per heavy atom. The lowest BCUT2D eigenvalue weighted by Crippen LogP contribution is -2.38. The molecule has 0 aliphatic heterocycles. The van der Waals surface area contributed by atoms with Crippen LogP contribution in [0.2, 0.25) is 0 Å². The molecule has 1 atom stereocenters. The second-order valence-corrected chi connectivity index (χ2v) is 7.47. The molecule has 1 aliphatic rings. The molecule has 1 aromatic carbocycles. The zero-order chi connectivity index (χ0) is 19.9. The van der Waals surface area contributed by atoms with Gasteiger partial charge in [-0.05, 0) is 43.7 Å². The van der Waals surface area contributed by atoms with Crippen molar-refractivity contribution >= 4 is 17.7 Å². The molecule has 1 heterocycles. The van der Waals surface area contributed by atoms with Crippen molar-refractivity contribution in [2.24, 2.45) is 5.92 Å². The van der Waals surface area contributed by atoms with E-state index in [1.165, 1.54) is 0 Å². The monoisotopic (exact) mass is 383 g/mol. The maximum Gasteiger partial charge on any atom is 0.225 e. The van der Waals surface area contributed by atoms with Gasteiger partial charge in [-0.2, -0.15) is 4.98 Å². The van der Waals surface area contributed by atoms with Gasteiger partial charge in [0.25, 0.3) is 0 Å². The molecule has 1 aromatic heterocycles. The fourth-order valence-electron chi connectivity index (χ4n) is 3.69. The fraction of sp³-hybridized carbons (Fsp3) is 0.476. The summed E-state index contributed by atoms with van der Waals surface area (Å²) in [6.45, 7) is 0.546. The van der Waals surface area contributed by atoms with E-state index in [2.05, 4.69) is 15.3 Å². The Kier molecular flexibility index (Phi) is 6.81. The second kappa shape index (κ2) is 9.50. The van der Waals surface area contributed by atoms with Crippen molar-refractivity contribution in [1.29, 1.82) is 0 Å². The number of nitrogens with two attached hydrogens (primary N) is 1. The van der Waals surface area contributed by atoms with E-state index in [4.69, 9.17) is 5.73 Å². The number of aromatic nitrogens is 2. The van der Waals surface area contributed by atoms with Gasteiger partial charge >= 0.3 is 0 Å². The number of rotatable bonds is 7. The third-order valence-corrected chi connectivity index (χ3v) is 5.39. The summed E-state index contributed by atoms with van der Waals surface area (Å²) in [7, 11) is 1.82. The molecule has 0 radical (unpaired) electrons. The zero-order valence-corrected chi connectivity index (χ0v) is 16.3. The molecule has 1 saturated carbocycles. The van der Waals surface area contributed by atoms with Crippen LogP contribution in [-0.4, -0.2) is 45.5 Å². The number of carbonyl (C=O) groups is 1. The molecule has 0 bridgehead atoms. The Labute approximate surface area is 166 Å². The van der Waals surface area contributed by atoms with Gasteiger partial charge in [-0.1, -0.05) is 30.3 Å². The van der Waals surface area contributed by atoms with Crippen LogP contribution in [0.4, 0.5) is 11.8 Å². The van der Waals surface area contributed by atoms with E-state index in [-0.39, 0.29) is 17.9 Å². The van der Waals surface area contributed by atoms with E-state index in [1.807, 2.05) is 37.4 Å². The van der Waals surface area contributed by atoms with E-state index in [9.17, 15) is 9.90 Å². The van der Waals surface area contributed by atoms with Crippen molar-refractivity contribution in [2.75, 3.05) is 24.6 Å². The van der Waals surface area contributed by atoms with Crippen LogP contribution >= 0.6 is 0 Å². The van der Waals surface area contributed by atoms with E-state index in [0.29, 0.717) is 24.7 Å². The number of nitrogen functional groups attached to an aromatic ring is 1. The van der Waals surface area contributed by atoms with E-state index < -0.39 is 6.10 Å². The van der Waals surface area contributed by atoms with Crippen LogP contribution in [0, 0.1) is 5.92 Å². The topological polar surface area (TPSA) is 104 Å². The van der Waals surface area contributed by atoms with Crippen LogP contribution in [-0.2, 0) is 4.79 Å². The highest BCUT2D eigenvalue weighted by Crippen LogP contribution is 2.28. The number of hydrogen-bond donors (Lipinski definition) is 3. The van der Waals surface area contributed by atoms with Gasteiger partial charge in [0.05, 0.1) is 6.10 Å². The molecule has 7 heteroatoms. The first-order valence-electron chi connectivity index (χ1n) is 9.86. The summed E-state index contributed by atoms with van der Waals surface area (Å²) in [4.78, 5) is 22.8. The molecule has 0 saturated heterocycles. The number of aliphatic hydroxyl groups is 1. The van der Waals surface area contributed by atoms with E-state index in [0.717, 1.165) is 31.2 Å². The van der Waals surface area contributed by atoms with Crippen molar-refractivity contribution in [3.05, 3.63) is 48.2 Å². The number of nitrogens with zero attached hydrogens (tertiary/aromatic N) is 3. The standard InChI is InChI=1S/C21H29N5O2/c1-26(14-12-18(27)15-5-3-2-4-6-15)20(28)16-7-9-17(10-8-16)24-21-23-13-11-19(22)25-21/h2-6,11,13,16-18,27H,7-10,12,14H2,1H3,(H3,22,23,24,25). The zero-order valence-electron chi connectivity index (χ0n) is 16.3. The number of benzene rings is 1. The van der Waals surface area contributed by atoms with Crippen molar-refractivity contribution in [3.63, 3.8) is 0 Å². The number of hydrogen-bond acceptors (Lipinski definition) is 6. The second-order valence-electron chi connectivity index (χ2n) is 7.47. The molecule has 2 aromatic rings. The summed E-state index contributed by atoms with van der Waals surface area (Å²) in [5.74, 6) is 1.19. The average Bonchev–Trinajstić information content (AvgIpc) is 2.72. The summed E-state index contributed by atoms with van der Waals surface area (Å²) >= 11 is 0. The molecule has 0 spiro atoms. The molecule has 1 aliphatic carbocycles. The van der Waals surface area contributed by atoms with Crippen LogP contribution in [0.1, 0.15) is 43.8 Å². The Bertz CT molecular complexity index is 762. The van der Waals surface area contributed by atoms with Crippen LogP contribution in [0.3, 0.4) is 0 Å². The minimum Gasteiger partial charge on any atom is -0.388 e. The quantitative estimate of drug-likeness (QED) is 0.679. The maximum absolute atomic E-state index is 12.7. The molecular weight excluding hydrogens is 354 g/mol. The van der Waals surface area contributed by atoms with Crippen molar-refractivity contribution in [2.45, 2.75) is 44.2 Å². The summed E-state index contributed by atoms with van der Waals surface area (Å²) in [6, 6.07) is 11.5. The Morgan fingerprint density at radius 1 is 1.25 bits per heavy atom. The van der Waals surface area contributed by atoms with Gasteiger partial charge in [0, 0.05) is 31.7 Å². The number of aliphatic hydroxyl groups excluding tert-OH is 1. The smallest absolute Gasteiger partial charge is 0.225 e. The molecular formula is C21H29N5O2. The van der Waals surface area contributed by atoms with Crippen molar-refractivity contribution < 1.29 is 9.90 Å². The van der Waals surface area contributed by atoms with Crippen LogP contribution in [0.15, 0.2) is 42.6 Å². The van der Waals surface area contributed by atoms with E-state index >= 15 is 0 Å². The average molecular weight is 383 g/mol. The number of anilines is 2. The van der Waals surface area contributed by atoms with Crippen molar-refractivity contribution in [1.82, 2.24) is 14.9 Å². The largest absolute Gasteiger partial charge is 0.388 e. The van der Waals surface area contributed by atoms with Gasteiger partial charge in [0.2, 0.25) is 11.9 Å². The van der Waals surface area contributed by atoms with Gasteiger partial charge in [-0.15, -0.1) is 0 Å². The lowest BCUT2D eigenvalue weighted by molar-refractivity contribution is -0.135. The van der Waals surface area contributed by atoms with Gasteiger partial charge in [-0.25, -0.2) is 4.98 Å². The number of nitrogens with one attached hydrogen (secondary N) is 1. The van der Waals surface area contributed by atoms with Gasteiger partial charge in [0.15, 0.2) is 0 Å². The molecule has 1 fully saturated rings. The molecule has 4 N–H and O–H groups in total. The Hall–Kier alpha value is -2.67. The summed E-state index contributed by atoms with van der Waals surface area (Å²) < 4.78 is 0. The summed E-state index contributed by atoms with van der Waals surface area (Å²) in [6.07, 6.45) is 5.10. The molecule has 28 heavy (non-hydrogen) atoms. The normalized spacial score (nSPS) is 20.4. The fourth-order valence-corrected chi connectivity index (χ4v) is 3.69. The first kappa shape index (κ1) is 20.1. The highest BCUT2D eigenvalue weighted by Gasteiger charge is 2.28. The molecule has 150 valence electrons. The Balaban J connectivity index is 1.42. The van der Waals surface area contributed by atoms with Gasteiger partial charge < -0.3 is 21.1 Å². The van der Waals surface area contributed by atoms with Crippen molar-refractivity contribution in [3.8, 4) is 0 Å². The Morgan fingerprint density at radius 3 is 2.64 bits per heavy atom. The molecule has 1 amide bonds. The molecule has 1 unspecified atom stereocenters. The maximum atomic E-state index is 12.7. The lowest BCUT2D eigenvalue weighted by Gasteiger charge is -2.31. The van der Waals surface area contributed by atoms with E-state index in [1.54, 1.807) is 17.2 Å². The number of amides is 1. The highest BCUT2D eigenvalue weighted by molar-refractivity contribution is 5.78. The number of carbonyl (C=O) groups excluding carboxylic acids is 1. The van der Waals surface area contributed by atoms with Crippen LogP contribution in [0.5, 0.6) is 0 Å². The minimum absolute atomic E-state index is 0.0404. The predicted molar refractivity (Wildman–Crippen MR) is 109 cm³/mol. The van der Waals surface area contributed by atoms with Gasteiger partial charge in [0.1, 0.15) is 5.82 Å². The lowest BCUT2D eigenvalue weighted by atomic mass is 9.85. The predicted octanol–water partition coefficient (Wildman–Crippen LogP) is 2.61. The van der Waals surface area contributed by atoms with Crippen LogP contribution < -0.4 is 11.1 Å². The molecule has 7 nitrogen and oxygen atoms in total. The highest BCUT2D eigenvalue weighted by atomic mass is 16.3. The first-order chi connectivity index (χ1) is 13.5. The molecule has 3 rings (SSSR count). The summed E-state index contributed by atoms with van der Waals surface area (Å²) in [5.41, 5.74) is 6.57. The summed E-state index contributed by atoms with van der Waals surface area (Å²) in [5, 5.41) is 13.6. The SMILES string of the molecule is CN(CCC(O)c1ccccc1)C(=O)C1CCC(Nc2nccc(N)n2)CC1. The minimum atomic E-state index is -0.547. The third kappa shape index (κ3) is 5.42. The first-order valence-corrected chi connectivity index (χ1v) is 9.86. The van der Waals surface area contributed by atoms with Crippen LogP contribution in [0.25, 0.3) is 0 Å².